The van der Waals surface area contributed by atoms with Crippen LogP contribution < -0.4 is 11.0 Å². The Kier molecular flexibility index (Phi) is 4.51. The van der Waals surface area contributed by atoms with Crippen LogP contribution in [0.2, 0.25) is 0 Å². The number of anilines is 1. The first kappa shape index (κ1) is 16.9. The van der Waals surface area contributed by atoms with Crippen LogP contribution >= 0.6 is 0 Å². The summed E-state index contributed by atoms with van der Waals surface area (Å²) in [4.78, 5) is 28.3. The van der Waals surface area contributed by atoms with Gasteiger partial charge in [0.1, 0.15) is 30.9 Å². The van der Waals surface area contributed by atoms with Gasteiger partial charge in [0.25, 0.3) is 5.91 Å². The van der Waals surface area contributed by atoms with Gasteiger partial charge in [0.2, 0.25) is 0 Å². The molecule has 26 heavy (non-hydrogen) atoms. The highest BCUT2D eigenvalue weighted by atomic mass is 16.7. The number of aromatic nitrogens is 2. The Morgan fingerprint density at radius 2 is 2.08 bits per heavy atom. The van der Waals surface area contributed by atoms with Gasteiger partial charge in [-0.3, -0.25) is 9.36 Å². The molecular formula is C17H17N3O6. The molecule has 4 rings (SSSR count). The maximum absolute atomic E-state index is 12.3. The molecule has 2 N–H and O–H groups in total. The molecule has 0 aliphatic carbocycles. The van der Waals surface area contributed by atoms with Crippen LogP contribution in [0.15, 0.2) is 47.4 Å². The van der Waals surface area contributed by atoms with Crippen LogP contribution in [0.5, 0.6) is 0 Å². The Balaban J connectivity index is 1.51. The van der Waals surface area contributed by atoms with Crippen molar-refractivity contribution in [2.75, 3.05) is 18.7 Å². The lowest BCUT2D eigenvalue weighted by Gasteiger charge is -2.25. The Bertz CT molecular complexity index is 855. The van der Waals surface area contributed by atoms with Crippen LogP contribution in [0.3, 0.4) is 0 Å². The van der Waals surface area contributed by atoms with E-state index in [0.29, 0.717) is 5.56 Å². The molecule has 1 unspecified atom stereocenters. The van der Waals surface area contributed by atoms with Crippen molar-refractivity contribution in [2.45, 2.75) is 24.5 Å². The molecule has 2 aliphatic heterocycles. The van der Waals surface area contributed by atoms with Crippen LogP contribution in [-0.2, 0) is 14.2 Å². The highest BCUT2D eigenvalue weighted by Gasteiger charge is 2.47. The fourth-order valence-electron chi connectivity index (χ4n) is 3.03. The highest BCUT2D eigenvalue weighted by molar-refractivity contribution is 6.03. The molecule has 0 spiro atoms. The number of aliphatic hydroxyl groups excluding tert-OH is 1. The zero-order valence-electron chi connectivity index (χ0n) is 13.6. The Morgan fingerprint density at radius 1 is 1.27 bits per heavy atom. The lowest BCUT2D eigenvalue weighted by Crippen LogP contribution is -2.41. The molecule has 1 aromatic heterocycles. The van der Waals surface area contributed by atoms with E-state index in [9.17, 15) is 14.7 Å². The van der Waals surface area contributed by atoms with Gasteiger partial charge in [0.15, 0.2) is 6.23 Å². The molecule has 1 aromatic carbocycles. The number of ether oxygens (including phenoxy) is 3. The number of benzene rings is 1. The molecule has 136 valence electrons. The maximum Gasteiger partial charge on any atom is 0.351 e. The number of aliphatic hydroxyl groups is 1. The van der Waals surface area contributed by atoms with Crippen molar-refractivity contribution < 1.29 is 24.1 Å². The standard InChI is InChI=1S/C17H17N3O6/c21-13-14-11(8-24-9-25-14)26-16(13)20-7-6-12(19-17(20)23)18-15(22)10-4-2-1-3-5-10/h1-7,11,13-14,16,21H,8-9H2,(H,18,19,22,23)/t11-,13+,14?,16-/m1/s1. The zero-order valence-corrected chi connectivity index (χ0v) is 13.6. The summed E-state index contributed by atoms with van der Waals surface area (Å²) >= 11 is 0. The second-order valence-corrected chi connectivity index (χ2v) is 6.00. The number of hydrogen-bond acceptors (Lipinski definition) is 7. The third kappa shape index (κ3) is 3.13. The second kappa shape index (κ2) is 6.96. The fourth-order valence-corrected chi connectivity index (χ4v) is 3.03. The van der Waals surface area contributed by atoms with Gasteiger partial charge in [-0.1, -0.05) is 18.2 Å². The number of hydrogen-bond donors (Lipinski definition) is 2. The van der Waals surface area contributed by atoms with Crippen molar-refractivity contribution in [1.29, 1.82) is 0 Å². The topological polar surface area (TPSA) is 112 Å². The van der Waals surface area contributed by atoms with Crippen molar-refractivity contribution in [3.8, 4) is 0 Å². The lowest BCUT2D eigenvalue weighted by molar-refractivity contribution is -0.189. The predicted octanol–water partition coefficient (Wildman–Crippen LogP) is 0.127. The number of rotatable bonds is 3. The predicted molar refractivity (Wildman–Crippen MR) is 88.5 cm³/mol. The molecular weight excluding hydrogens is 342 g/mol. The Morgan fingerprint density at radius 3 is 2.81 bits per heavy atom. The molecule has 3 heterocycles. The maximum atomic E-state index is 12.3. The van der Waals surface area contributed by atoms with Gasteiger partial charge in [-0.15, -0.1) is 0 Å². The van der Waals surface area contributed by atoms with Crippen LogP contribution in [0.4, 0.5) is 5.82 Å². The average Bonchev–Trinajstić information content (AvgIpc) is 2.99. The number of amides is 1. The molecule has 2 saturated heterocycles. The van der Waals surface area contributed by atoms with E-state index in [1.807, 2.05) is 0 Å². The molecule has 2 aliphatic rings. The van der Waals surface area contributed by atoms with E-state index in [1.165, 1.54) is 16.8 Å². The van der Waals surface area contributed by atoms with Gasteiger partial charge < -0.3 is 24.6 Å². The van der Waals surface area contributed by atoms with E-state index < -0.39 is 30.2 Å². The quantitative estimate of drug-likeness (QED) is 0.801. The molecule has 9 nitrogen and oxygen atoms in total. The van der Waals surface area contributed by atoms with E-state index in [2.05, 4.69) is 10.3 Å². The number of nitrogens with zero attached hydrogens (tertiary/aromatic N) is 2. The minimum absolute atomic E-state index is 0.0753. The number of fused-ring (bicyclic) bond motifs is 1. The van der Waals surface area contributed by atoms with Crippen LogP contribution in [-0.4, -0.2) is 52.3 Å². The smallest absolute Gasteiger partial charge is 0.351 e. The van der Waals surface area contributed by atoms with E-state index >= 15 is 0 Å². The van der Waals surface area contributed by atoms with Crippen molar-refractivity contribution in [1.82, 2.24) is 9.55 Å². The largest absolute Gasteiger partial charge is 0.386 e. The van der Waals surface area contributed by atoms with Gasteiger partial charge in [0, 0.05) is 11.8 Å². The fraction of sp³-hybridized carbons (Fsp3) is 0.353. The molecule has 2 aromatic rings. The van der Waals surface area contributed by atoms with Crippen molar-refractivity contribution >= 4 is 11.7 Å². The van der Waals surface area contributed by atoms with Crippen molar-refractivity contribution in [3.05, 3.63) is 58.6 Å². The first-order valence-electron chi connectivity index (χ1n) is 8.12. The highest BCUT2D eigenvalue weighted by Crippen LogP contribution is 2.32. The summed E-state index contributed by atoms with van der Waals surface area (Å²) < 4.78 is 17.3. The molecule has 9 heteroatoms. The third-order valence-electron chi connectivity index (χ3n) is 4.32. The summed E-state index contributed by atoms with van der Waals surface area (Å²) in [6.07, 6.45) is -1.54. The summed E-state index contributed by atoms with van der Waals surface area (Å²) in [5.41, 5.74) is -0.200. The van der Waals surface area contributed by atoms with E-state index in [1.54, 1.807) is 30.3 Å². The summed E-state index contributed by atoms with van der Waals surface area (Å²) in [5, 5.41) is 12.9. The van der Waals surface area contributed by atoms with Crippen molar-refractivity contribution in [3.63, 3.8) is 0 Å². The molecule has 0 saturated carbocycles. The zero-order chi connectivity index (χ0) is 18.1. The van der Waals surface area contributed by atoms with Gasteiger partial charge >= 0.3 is 5.69 Å². The third-order valence-corrected chi connectivity index (χ3v) is 4.32. The SMILES string of the molecule is O=C(Nc1ccn([C@@H]2O[C@@H]3COCOC3[C@@H]2O)c(=O)n1)c1ccccc1. The average molecular weight is 359 g/mol. The summed E-state index contributed by atoms with van der Waals surface area (Å²) in [7, 11) is 0. The minimum Gasteiger partial charge on any atom is -0.386 e. The van der Waals surface area contributed by atoms with Crippen LogP contribution in [0.25, 0.3) is 0 Å². The van der Waals surface area contributed by atoms with Crippen molar-refractivity contribution in [2.24, 2.45) is 0 Å². The molecule has 2 fully saturated rings. The molecule has 0 radical (unpaired) electrons. The molecule has 1 amide bonds. The van der Waals surface area contributed by atoms with Crippen LogP contribution in [0, 0.1) is 0 Å². The summed E-state index contributed by atoms with van der Waals surface area (Å²) in [6, 6.07) is 10.1. The number of carbonyl (C=O) groups is 1. The Hall–Kier alpha value is -2.59. The van der Waals surface area contributed by atoms with Gasteiger partial charge in [0.05, 0.1) is 6.61 Å². The molecule has 4 atom stereocenters. The normalized spacial score (nSPS) is 27.7. The minimum atomic E-state index is -1.02. The number of carbonyl (C=O) groups excluding carboxylic acids is 1. The van der Waals surface area contributed by atoms with Gasteiger partial charge in [-0.2, -0.15) is 4.98 Å². The lowest BCUT2D eigenvalue weighted by atomic mass is 10.1. The first-order chi connectivity index (χ1) is 12.6. The van der Waals surface area contributed by atoms with E-state index in [4.69, 9.17) is 14.2 Å². The second-order valence-electron chi connectivity index (χ2n) is 6.00. The van der Waals surface area contributed by atoms with E-state index in [-0.39, 0.29) is 25.1 Å². The monoisotopic (exact) mass is 359 g/mol. The molecule has 0 bridgehead atoms. The number of nitrogens with one attached hydrogen (secondary N) is 1. The first-order valence-corrected chi connectivity index (χ1v) is 8.12. The summed E-state index contributed by atoms with van der Waals surface area (Å²) in [6.45, 7) is 0.359. The Labute approximate surface area is 148 Å². The van der Waals surface area contributed by atoms with Gasteiger partial charge in [-0.05, 0) is 18.2 Å². The van der Waals surface area contributed by atoms with Crippen LogP contribution in [0.1, 0.15) is 16.6 Å². The van der Waals surface area contributed by atoms with E-state index in [0.717, 1.165) is 0 Å². The summed E-state index contributed by atoms with van der Waals surface area (Å²) in [5.74, 6) is -0.256. The van der Waals surface area contributed by atoms with Gasteiger partial charge in [-0.25, -0.2) is 4.79 Å².